The van der Waals surface area contributed by atoms with E-state index in [0.717, 1.165) is 32.1 Å². The lowest BCUT2D eigenvalue weighted by molar-refractivity contribution is -0.143. The molecule has 0 spiro atoms. The lowest BCUT2D eigenvalue weighted by atomic mass is 9.85. The van der Waals surface area contributed by atoms with Crippen molar-refractivity contribution in [1.29, 1.82) is 0 Å². The molecule has 0 aromatic heterocycles. The van der Waals surface area contributed by atoms with Gasteiger partial charge in [0.2, 0.25) is 17.7 Å². The van der Waals surface area contributed by atoms with Gasteiger partial charge in [0.1, 0.15) is 0 Å². The van der Waals surface area contributed by atoms with Gasteiger partial charge in [0, 0.05) is 25.0 Å². The highest BCUT2D eigenvalue weighted by molar-refractivity contribution is 6.06. The number of hydrogen-bond donors (Lipinski definition) is 0. The predicted molar refractivity (Wildman–Crippen MR) is 110 cm³/mol. The average Bonchev–Trinajstić information content (AvgIpc) is 3.43. The van der Waals surface area contributed by atoms with Gasteiger partial charge >= 0.3 is 0 Å². The fourth-order valence-corrected chi connectivity index (χ4v) is 6.94. The molecule has 5 aliphatic rings. The molecule has 5 heteroatoms. The van der Waals surface area contributed by atoms with Crippen LogP contribution >= 0.6 is 0 Å². The topological polar surface area (TPSA) is 57.7 Å². The van der Waals surface area contributed by atoms with Crippen LogP contribution in [-0.4, -0.2) is 46.1 Å². The summed E-state index contributed by atoms with van der Waals surface area (Å²) in [6.07, 6.45) is 17.4. The van der Waals surface area contributed by atoms with Crippen molar-refractivity contribution in [2.45, 2.75) is 89.1 Å². The van der Waals surface area contributed by atoms with Gasteiger partial charge < -0.3 is 4.90 Å². The van der Waals surface area contributed by atoms with E-state index in [1.807, 2.05) is 0 Å². The second kappa shape index (κ2) is 7.88. The van der Waals surface area contributed by atoms with Crippen LogP contribution in [0.2, 0.25) is 0 Å². The summed E-state index contributed by atoms with van der Waals surface area (Å²) in [5.41, 5.74) is 0. The number of likely N-dealkylation sites (tertiary alicyclic amines) is 1. The van der Waals surface area contributed by atoms with E-state index in [-0.39, 0.29) is 47.9 Å². The molecule has 0 aromatic rings. The summed E-state index contributed by atoms with van der Waals surface area (Å²) in [5.74, 6) is 0.299. The SMILES string of the molecule is O=C1[C@@H]2[C@H](C(=O)N1CCC(=O)N(C1CCCCC1)C1CCCCC1)[C@H]1C=C[C@H]2C1. The van der Waals surface area contributed by atoms with Crippen LogP contribution in [0.3, 0.4) is 0 Å². The molecule has 3 saturated carbocycles. The quantitative estimate of drug-likeness (QED) is 0.524. The number of carbonyl (C=O) groups is 3. The van der Waals surface area contributed by atoms with Crippen molar-refractivity contribution in [3.63, 3.8) is 0 Å². The van der Waals surface area contributed by atoms with Crippen molar-refractivity contribution in [3.05, 3.63) is 12.2 Å². The average molecular weight is 399 g/mol. The lowest BCUT2D eigenvalue weighted by Crippen LogP contribution is -2.49. The normalized spacial score (nSPS) is 34.8. The maximum absolute atomic E-state index is 13.4. The summed E-state index contributed by atoms with van der Waals surface area (Å²) in [4.78, 5) is 42.8. The first-order valence-corrected chi connectivity index (χ1v) is 12.0. The largest absolute Gasteiger partial charge is 0.337 e. The summed E-state index contributed by atoms with van der Waals surface area (Å²) >= 11 is 0. The van der Waals surface area contributed by atoms with Gasteiger partial charge in [0.05, 0.1) is 11.8 Å². The van der Waals surface area contributed by atoms with Crippen molar-refractivity contribution < 1.29 is 14.4 Å². The maximum Gasteiger partial charge on any atom is 0.233 e. The number of fused-ring (bicyclic) bond motifs is 5. The number of allylic oxidation sites excluding steroid dienone is 2. The molecule has 3 amide bonds. The molecule has 0 radical (unpaired) electrons. The molecule has 0 aromatic carbocycles. The Morgan fingerprint density at radius 1 is 0.828 bits per heavy atom. The molecular weight excluding hydrogens is 364 g/mol. The van der Waals surface area contributed by atoms with Crippen molar-refractivity contribution in [2.75, 3.05) is 6.54 Å². The Balaban J connectivity index is 1.25. The summed E-state index contributed by atoms with van der Waals surface area (Å²) in [5, 5.41) is 0. The monoisotopic (exact) mass is 398 g/mol. The van der Waals surface area contributed by atoms with Gasteiger partial charge in [0.15, 0.2) is 0 Å². The maximum atomic E-state index is 13.4. The molecule has 29 heavy (non-hydrogen) atoms. The highest BCUT2D eigenvalue weighted by Gasteiger charge is 2.59. The van der Waals surface area contributed by atoms with E-state index in [1.54, 1.807) is 0 Å². The van der Waals surface area contributed by atoms with Crippen LogP contribution in [0.1, 0.15) is 77.0 Å². The molecule has 1 heterocycles. The van der Waals surface area contributed by atoms with Crippen molar-refractivity contribution >= 4 is 17.7 Å². The van der Waals surface area contributed by atoms with Crippen LogP contribution in [0.25, 0.3) is 0 Å². The van der Waals surface area contributed by atoms with Crippen molar-refractivity contribution in [1.82, 2.24) is 9.80 Å². The standard InChI is InChI=1S/C24H34N2O3/c27-20(26(18-7-3-1-4-8-18)19-9-5-2-6-10-19)13-14-25-23(28)21-16-11-12-17(15-16)22(21)24(25)29/h11-12,16-19,21-22H,1-10,13-15H2/t16-,17-,21-,22+/m0/s1. The first-order chi connectivity index (χ1) is 14.1. The summed E-state index contributed by atoms with van der Waals surface area (Å²) in [7, 11) is 0. The molecule has 4 atom stereocenters. The summed E-state index contributed by atoms with van der Waals surface area (Å²) in [6, 6.07) is 0.729. The van der Waals surface area contributed by atoms with Crippen LogP contribution < -0.4 is 0 Å². The number of carbonyl (C=O) groups excluding carboxylic acids is 3. The van der Waals surface area contributed by atoms with Crippen LogP contribution in [0, 0.1) is 23.7 Å². The molecule has 2 bridgehead atoms. The molecule has 1 aliphatic heterocycles. The van der Waals surface area contributed by atoms with Gasteiger partial charge in [-0.15, -0.1) is 0 Å². The van der Waals surface area contributed by atoms with Crippen molar-refractivity contribution in [3.8, 4) is 0 Å². The molecule has 0 unspecified atom stereocenters. The van der Waals surface area contributed by atoms with Gasteiger partial charge in [-0.25, -0.2) is 0 Å². The lowest BCUT2D eigenvalue weighted by Gasteiger charge is -2.42. The minimum Gasteiger partial charge on any atom is -0.337 e. The second-order valence-corrected chi connectivity index (χ2v) is 9.96. The Hall–Kier alpha value is -1.65. The Labute approximate surface area is 173 Å². The van der Waals surface area contributed by atoms with Gasteiger partial charge in [-0.1, -0.05) is 50.7 Å². The number of hydrogen-bond acceptors (Lipinski definition) is 3. The predicted octanol–water partition coefficient (Wildman–Crippen LogP) is 3.68. The molecule has 0 N–H and O–H groups in total. The van der Waals surface area contributed by atoms with E-state index in [2.05, 4.69) is 17.1 Å². The minimum atomic E-state index is -0.152. The van der Waals surface area contributed by atoms with E-state index in [9.17, 15) is 14.4 Å². The molecule has 1 saturated heterocycles. The van der Waals surface area contributed by atoms with Crippen LogP contribution in [0.15, 0.2) is 12.2 Å². The van der Waals surface area contributed by atoms with E-state index < -0.39 is 0 Å². The second-order valence-electron chi connectivity index (χ2n) is 9.96. The molecular formula is C24H34N2O3. The van der Waals surface area contributed by atoms with Gasteiger partial charge in [-0.3, -0.25) is 19.3 Å². The first-order valence-electron chi connectivity index (χ1n) is 12.0. The molecule has 4 aliphatic carbocycles. The highest BCUT2D eigenvalue weighted by Crippen LogP contribution is 2.52. The van der Waals surface area contributed by atoms with Crippen LogP contribution in [0.5, 0.6) is 0 Å². The number of nitrogens with zero attached hydrogens (tertiary/aromatic N) is 2. The highest BCUT2D eigenvalue weighted by atomic mass is 16.2. The van der Waals surface area contributed by atoms with Gasteiger partial charge in [-0.05, 0) is 43.9 Å². The zero-order chi connectivity index (χ0) is 20.0. The smallest absolute Gasteiger partial charge is 0.233 e. The third-order valence-corrected chi connectivity index (χ3v) is 8.34. The van der Waals surface area contributed by atoms with Gasteiger partial charge in [0.25, 0.3) is 0 Å². The zero-order valence-corrected chi connectivity index (χ0v) is 17.4. The molecule has 5 rings (SSSR count). The molecule has 158 valence electrons. The van der Waals surface area contributed by atoms with E-state index >= 15 is 0 Å². The summed E-state index contributed by atoms with van der Waals surface area (Å²) in [6.45, 7) is 0.277. The Morgan fingerprint density at radius 2 is 1.31 bits per heavy atom. The zero-order valence-electron chi connectivity index (χ0n) is 17.4. The van der Waals surface area contributed by atoms with Crippen molar-refractivity contribution in [2.24, 2.45) is 23.7 Å². The fraction of sp³-hybridized carbons (Fsp3) is 0.792. The minimum absolute atomic E-state index is 0.0217. The van der Waals surface area contributed by atoms with E-state index in [0.29, 0.717) is 18.5 Å². The first kappa shape index (κ1) is 19.3. The van der Waals surface area contributed by atoms with E-state index in [1.165, 1.54) is 43.4 Å². The number of imide groups is 1. The summed E-state index contributed by atoms with van der Waals surface area (Å²) < 4.78 is 0. The third-order valence-electron chi connectivity index (χ3n) is 8.34. The Kier molecular flexibility index (Phi) is 5.25. The Bertz CT molecular complexity index is 657. The number of rotatable bonds is 5. The number of amides is 3. The fourth-order valence-electron chi connectivity index (χ4n) is 6.94. The van der Waals surface area contributed by atoms with Gasteiger partial charge in [-0.2, -0.15) is 0 Å². The Morgan fingerprint density at radius 3 is 1.79 bits per heavy atom. The molecule has 4 fully saturated rings. The van der Waals surface area contributed by atoms with Crippen LogP contribution in [0.4, 0.5) is 0 Å². The van der Waals surface area contributed by atoms with E-state index in [4.69, 9.17) is 0 Å². The third kappa shape index (κ3) is 3.34. The molecule has 5 nitrogen and oxygen atoms in total. The van der Waals surface area contributed by atoms with Crippen LogP contribution in [-0.2, 0) is 14.4 Å².